The number of fused-ring (bicyclic) bond motifs is 1. The second kappa shape index (κ2) is 3.77. The molecule has 2 aromatic rings. The Bertz CT molecular complexity index is 501. The molecule has 3 nitrogen and oxygen atoms in total. The Hall–Kier alpha value is -1.03. The second-order valence-corrected chi connectivity index (χ2v) is 5.01. The first-order valence-corrected chi connectivity index (χ1v) is 6.37. The predicted molar refractivity (Wildman–Crippen MR) is 65.3 cm³/mol. The fourth-order valence-corrected chi connectivity index (χ4v) is 2.97. The summed E-state index contributed by atoms with van der Waals surface area (Å²) >= 11 is 3.54. The maximum absolute atomic E-state index is 5.44. The highest BCUT2D eigenvalue weighted by molar-refractivity contribution is 9.10. The number of rotatable bonds is 1. The maximum atomic E-state index is 5.44. The van der Waals surface area contributed by atoms with Gasteiger partial charge in [0.15, 0.2) is 11.6 Å². The van der Waals surface area contributed by atoms with Gasteiger partial charge in [-0.15, -0.1) is 0 Å². The van der Waals surface area contributed by atoms with Gasteiger partial charge in [-0.2, -0.15) is 0 Å². The monoisotopic (exact) mass is 280 g/mol. The molecule has 0 radical (unpaired) electrons. The minimum Gasteiger partial charge on any atom is -0.461 e. The number of nitrogens with zero attached hydrogens (tertiary/aromatic N) is 2. The highest BCUT2D eigenvalue weighted by Gasteiger charge is 2.24. The Labute approximate surface area is 103 Å². The van der Waals surface area contributed by atoms with Crippen molar-refractivity contribution < 1.29 is 4.42 Å². The van der Waals surface area contributed by atoms with Gasteiger partial charge < -0.3 is 8.98 Å². The van der Waals surface area contributed by atoms with E-state index in [1.807, 2.05) is 12.1 Å². The lowest BCUT2D eigenvalue weighted by molar-refractivity contribution is 0.430. The Morgan fingerprint density at radius 2 is 2.44 bits per heavy atom. The van der Waals surface area contributed by atoms with Crippen LogP contribution in [0.15, 0.2) is 27.4 Å². The summed E-state index contributed by atoms with van der Waals surface area (Å²) in [6.07, 6.45) is 5.24. The topological polar surface area (TPSA) is 31.0 Å². The van der Waals surface area contributed by atoms with E-state index in [1.54, 1.807) is 6.26 Å². The SMILES string of the molecule is CC1CCCc2c(Br)nc(-c3ccco3)n21. The lowest BCUT2D eigenvalue weighted by Gasteiger charge is -2.23. The smallest absolute Gasteiger partial charge is 0.177 e. The van der Waals surface area contributed by atoms with Gasteiger partial charge in [0.05, 0.1) is 12.0 Å². The lowest BCUT2D eigenvalue weighted by atomic mass is 10.0. The first-order valence-electron chi connectivity index (χ1n) is 5.58. The van der Waals surface area contributed by atoms with Gasteiger partial charge in [0, 0.05) is 6.04 Å². The van der Waals surface area contributed by atoms with Crippen molar-refractivity contribution in [2.24, 2.45) is 0 Å². The summed E-state index contributed by atoms with van der Waals surface area (Å²) in [7, 11) is 0. The van der Waals surface area contributed by atoms with Gasteiger partial charge in [0.2, 0.25) is 0 Å². The summed E-state index contributed by atoms with van der Waals surface area (Å²) in [5, 5.41) is 0. The fourth-order valence-electron chi connectivity index (χ4n) is 2.41. The number of aromatic nitrogens is 2. The van der Waals surface area contributed by atoms with Crippen LogP contribution < -0.4 is 0 Å². The second-order valence-electron chi connectivity index (χ2n) is 4.26. The van der Waals surface area contributed by atoms with Gasteiger partial charge >= 0.3 is 0 Å². The first-order chi connectivity index (χ1) is 7.77. The van der Waals surface area contributed by atoms with Crippen molar-refractivity contribution in [2.45, 2.75) is 32.2 Å². The summed E-state index contributed by atoms with van der Waals surface area (Å²) in [5.74, 6) is 1.79. The third-order valence-corrected chi connectivity index (χ3v) is 3.81. The normalized spacial score (nSPS) is 19.8. The average molecular weight is 281 g/mol. The molecule has 0 saturated carbocycles. The minimum absolute atomic E-state index is 0.502. The van der Waals surface area contributed by atoms with E-state index >= 15 is 0 Å². The third kappa shape index (κ3) is 1.44. The van der Waals surface area contributed by atoms with Crippen molar-refractivity contribution in [1.29, 1.82) is 0 Å². The molecule has 4 heteroatoms. The van der Waals surface area contributed by atoms with Crippen LogP contribution in [-0.4, -0.2) is 9.55 Å². The van der Waals surface area contributed by atoms with Gasteiger partial charge in [-0.1, -0.05) is 0 Å². The van der Waals surface area contributed by atoms with Crippen LogP contribution in [0.25, 0.3) is 11.6 Å². The first kappa shape index (κ1) is 10.1. The zero-order valence-electron chi connectivity index (χ0n) is 9.11. The molecule has 3 heterocycles. The summed E-state index contributed by atoms with van der Waals surface area (Å²) in [5.41, 5.74) is 1.30. The molecule has 0 aliphatic carbocycles. The van der Waals surface area contributed by atoms with Gasteiger partial charge in [-0.25, -0.2) is 4.98 Å². The Kier molecular flexibility index (Phi) is 2.39. The standard InChI is InChI=1S/C12H13BrN2O/c1-8-4-2-5-9-11(13)14-12(15(8)9)10-6-3-7-16-10/h3,6-8H,2,4-5H2,1H3. The summed E-state index contributed by atoms with van der Waals surface area (Å²) in [6.45, 7) is 2.24. The largest absolute Gasteiger partial charge is 0.461 e. The van der Waals surface area contributed by atoms with Crippen LogP contribution in [0.3, 0.4) is 0 Å². The summed E-state index contributed by atoms with van der Waals surface area (Å²) < 4.78 is 8.70. The zero-order valence-corrected chi connectivity index (χ0v) is 10.7. The van der Waals surface area contributed by atoms with E-state index < -0.39 is 0 Å². The number of hydrogen-bond acceptors (Lipinski definition) is 2. The quantitative estimate of drug-likeness (QED) is 0.796. The maximum Gasteiger partial charge on any atom is 0.177 e. The predicted octanol–water partition coefficient (Wildman–Crippen LogP) is 3.80. The molecule has 1 aliphatic heterocycles. The Morgan fingerprint density at radius 1 is 1.56 bits per heavy atom. The Morgan fingerprint density at radius 3 is 3.19 bits per heavy atom. The van der Waals surface area contributed by atoms with Gasteiger partial charge in [0.25, 0.3) is 0 Å². The molecule has 0 aromatic carbocycles. The molecule has 3 rings (SSSR count). The van der Waals surface area contributed by atoms with E-state index in [9.17, 15) is 0 Å². The van der Waals surface area contributed by atoms with E-state index in [0.717, 1.165) is 22.6 Å². The molecule has 1 atom stereocenters. The van der Waals surface area contributed by atoms with E-state index in [4.69, 9.17) is 4.42 Å². The van der Waals surface area contributed by atoms with Crippen LogP contribution in [0, 0.1) is 0 Å². The summed E-state index contributed by atoms with van der Waals surface area (Å²) in [6, 6.07) is 4.37. The average Bonchev–Trinajstić information content (AvgIpc) is 2.87. The molecule has 0 spiro atoms. The molecular weight excluding hydrogens is 268 g/mol. The molecule has 1 unspecified atom stereocenters. The molecular formula is C12H13BrN2O. The van der Waals surface area contributed by atoms with Crippen molar-refractivity contribution >= 4 is 15.9 Å². The molecule has 1 aliphatic rings. The van der Waals surface area contributed by atoms with Crippen LogP contribution in [0.2, 0.25) is 0 Å². The number of imidazole rings is 1. The van der Waals surface area contributed by atoms with Crippen LogP contribution in [0.4, 0.5) is 0 Å². The zero-order chi connectivity index (χ0) is 11.1. The van der Waals surface area contributed by atoms with Crippen LogP contribution in [0.1, 0.15) is 31.5 Å². The fraction of sp³-hybridized carbons (Fsp3) is 0.417. The van der Waals surface area contributed by atoms with Crippen molar-refractivity contribution in [1.82, 2.24) is 9.55 Å². The summed E-state index contributed by atoms with van der Waals surface area (Å²) in [4.78, 5) is 4.57. The van der Waals surface area contributed by atoms with Crippen LogP contribution in [0.5, 0.6) is 0 Å². The molecule has 0 fully saturated rings. The molecule has 0 amide bonds. The number of halogens is 1. The third-order valence-electron chi connectivity index (χ3n) is 3.18. The highest BCUT2D eigenvalue weighted by atomic mass is 79.9. The van der Waals surface area contributed by atoms with Crippen molar-refractivity contribution in [3.63, 3.8) is 0 Å². The van der Waals surface area contributed by atoms with E-state index in [1.165, 1.54) is 18.5 Å². The van der Waals surface area contributed by atoms with E-state index in [2.05, 4.69) is 32.4 Å². The molecule has 0 bridgehead atoms. The van der Waals surface area contributed by atoms with Gasteiger partial charge in [0.1, 0.15) is 4.60 Å². The van der Waals surface area contributed by atoms with Crippen LogP contribution in [-0.2, 0) is 6.42 Å². The van der Waals surface area contributed by atoms with Crippen molar-refractivity contribution in [2.75, 3.05) is 0 Å². The molecule has 0 N–H and O–H groups in total. The molecule has 84 valence electrons. The van der Waals surface area contributed by atoms with Crippen molar-refractivity contribution in [3.05, 3.63) is 28.7 Å². The van der Waals surface area contributed by atoms with Gasteiger partial charge in [-0.05, 0) is 54.2 Å². The highest BCUT2D eigenvalue weighted by Crippen LogP contribution is 2.35. The van der Waals surface area contributed by atoms with E-state index in [-0.39, 0.29) is 0 Å². The number of hydrogen-bond donors (Lipinski definition) is 0. The van der Waals surface area contributed by atoms with E-state index in [0.29, 0.717) is 6.04 Å². The van der Waals surface area contributed by atoms with Crippen LogP contribution >= 0.6 is 15.9 Å². The minimum atomic E-state index is 0.502. The van der Waals surface area contributed by atoms with Gasteiger partial charge in [-0.3, -0.25) is 0 Å². The lowest BCUT2D eigenvalue weighted by Crippen LogP contribution is -2.15. The Balaban J connectivity index is 2.20. The molecule has 2 aromatic heterocycles. The molecule has 16 heavy (non-hydrogen) atoms. The van der Waals surface area contributed by atoms with Crippen molar-refractivity contribution in [3.8, 4) is 11.6 Å². The molecule has 0 saturated heterocycles. The number of furan rings is 1.